The van der Waals surface area contributed by atoms with Gasteiger partial charge in [0, 0.05) is 36.5 Å². The molecule has 0 aliphatic carbocycles. The summed E-state index contributed by atoms with van der Waals surface area (Å²) in [5.74, 6) is 0.921. The zero-order valence-electron chi connectivity index (χ0n) is 19.5. The van der Waals surface area contributed by atoms with Gasteiger partial charge in [-0.3, -0.25) is 20.2 Å². The van der Waals surface area contributed by atoms with Gasteiger partial charge in [0.25, 0.3) is 11.6 Å². The Morgan fingerprint density at radius 2 is 1.97 bits per heavy atom. The molecular weight excluding hydrogens is 504 g/mol. The molecule has 1 aromatic heterocycles. The molecule has 0 bridgehead atoms. The van der Waals surface area contributed by atoms with Crippen molar-refractivity contribution >= 4 is 51.9 Å². The van der Waals surface area contributed by atoms with E-state index in [1.807, 2.05) is 0 Å². The van der Waals surface area contributed by atoms with Crippen molar-refractivity contribution in [2.45, 2.75) is 26.4 Å². The predicted molar refractivity (Wildman–Crippen MR) is 142 cm³/mol. The van der Waals surface area contributed by atoms with Gasteiger partial charge in [-0.05, 0) is 67.4 Å². The van der Waals surface area contributed by atoms with Crippen LogP contribution in [0, 0.1) is 16.0 Å². The van der Waals surface area contributed by atoms with Crippen LogP contribution >= 0.6 is 23.8 Å². The Kier molecular flexibility index (Phi) is 7.88. The van der Waals surface area contributed by atoms with Crippen molar-refractivity contribution in [3.8, 4) is 11.3 Å². The first-order valence-electron chi connectivity index (χ1n) is 11.4. The SMILES string of the molecule is CC1CCN(c2ccc([N+](=O)[O-])cc2C(=O)NC(=S)Nc2ccc(Cl)c(-c3ccc(CO)o3)c2)CC1. The maximum atomic E-state index is 13.2. The van der Waals surface area contributed by atoms with Crippen molar-refractivity contribution < 1.29 is 19.2 Å². The number of amides is 1. The molecule has 9 nitrogen and oxygen atoms in total. The summed E-state index contributed by atoms with van der Waals surface area (Å²) in [7, 11) is 0. The number of carbonyl (C=O) groups is 1. The number of nitrogens with zero attached hydrogens (tertiary/aromatic N) is 2. The van der Waals surface area contributed by atoms with Crippen LogP contribution in [0.25, 0.3) is 11.3 Å². The van der Waals surface area contributed by atoms with Crippen molar-refractivity contribution in [3.63, 3.8) is 0 Å². The summed E-state index contributed by atoms with van der Waals surface area (Å²) in [5, 5.41) is 26.6. The van der Waals surface area contributed by atoms with Gasteiger partial charge < -0.3 is 19.7 Å². The molecule has 3 N–H and O–H groups in total. The lowest BCUT2D eigenvalue weighted by Crippen LogP contribution is -2.37. The second-order valence-corrected chi connectivity index (χ2v) is 9.47. The lowest BCUT2D eigenvalue weighted by molar-refractivity contribution is -0.384. The number of nitro groups is 1. The molecule has 1 amide bonds. The number of nitro benzene ring substituents is 1. The number of thiocarbonyl (C=S) groups is 1. The number of piperidine rings is 1. The first kappa shape index (κ1) is 25.6. The molecule has 11 heteroatoms. The number of hydrogen-bond donors (Lipinski definition) is 3. The number of aliphatic hydroxyl groups is 1. The van der Waals surface area contributed by atoms with E-state index in [0.717, 1.165) is 25.9 Å². The third kappa shape index (κ3) is 5.84. The minimum Gasteiger partial charge on any atom is -0.459 e. The van der Waals surface area contributed by atoms with E-state index >= 15 is 0 Å². The molecule has 0 spiro atoms. The van der Waals surface area contributed by atoms with Gasteiger partial charge in [-0.2, -0.15) is 0 Å². The number of carbonyl (C=O) groups excluding carboxylic acids is 1. The molecule has 0 saturated carbocycles. The molecule has 1 aliphatic heterocycles. The molecule has 1 saturated heterocycles. The van der Waals surface area contributed by atoms with E-state index in [1.54, 1.807) is 36.4 Å². The Hall–Kier alpha value is -3.47. The van der Waals surface area contributed by atoms with Gasteiger partial charge >= 0.3 is 0 Å². The lowest BCUT2D eigenvalue weighted by atomic mass is 9.98. The average molecular weight is 529 g/mol. The number of furan rings is 1. The largest absolute Gasteiger partial charge is 0.459 e. The third-order valence-corrected chi connectivity index (χ3v) is 6.63. The highest BCUT2D eigenvalue weighted by Crippen LogP contribution is 2.32. The highest BCUT2D eigenvalue weighted by atomic mass is 35.5. The van der Waals surface area contributed by atoms with E-state index in [-0.39, 0.29) is 23.0 Å². The molecule has 188 valence electrons. The summed E-state index contributed by atoms with van der Waals surface area (Å²) < 4.78 is 5.57. The van der Waals surface area contributed by atoms with Crippen LogP contribution in [0.3, 0.4) is 0 Å². The Labute approximate surface area is 218 Å². The number of halogens is 1. The molecule has 1 fully saturated rings. The second kappa shape index (κ2) is 11.1. The quantitative estimate of drug-likeness (QED) is 0.222. The van der Waals surface area contributed by atoms with Gasteiger partial charge in [0.1, 0.15) is 18.1 Å². The Balaban J connectivity index is 1.52. The molecule has 3 aromatic rings. The van der Waals surface area contributed by atoms with Crippen LogP contribution in [-0.4, -0.2) is 34.1 Å². The topological polar surface area (TPSA) is 121 Å². The molecule has 36 heavy (non-hydrogen) atoms. The predicted octanol–water partition coefficient (Wildman–Crippen LogP) is 5.36. The number of non-ortho nitro benzene ring substituents is 1. The zero-order valence-corrected chi connectivity index (χ0v) is 21.1. The summed E-state index contributed by atoms with van der Waals surface area (Å²) >= 11 is 11.7. The summed E-state index contributed by atoms with van der Waals surface area (Å²) in [6.07, 6.45) is 1.96. The fourth-order valence-electron chi connectivity index (χ4n) is 4.08. The fraction of sp³-hybridized carbons (Fsp3) is 0.280. The molecule has 1 aliphatic rings. The van der Waals surface area contributed by atoms with Crippen molar-refractivity contribution in [1.82, 2.24) is 5.32 Å². The molecule has 0 atom stereocenters. The van der Waals surface area contributed by atoms with E-state index in [9.17, 15) is 20.0 Å². The first-order chi connectivity index (χ1) is 17.2. The van der Waals surface area contributed by atoms with Crippen molar-refractivity contribution in [2.24, 2.45) is 5.92 Å². The van der Waals surface area contributed by atoms with E-state index in [2.05, 4.69) is 22.5 Å². The van der Waals surface area contributed by atoms with Gasteiger partial charge in [0.2, 0.25) is 0 Å². The van der Waals surface area contributed by atoms with Gasteiger partial charge in [0.05, 0.1) is 21.2 Å². The maximum absolute atomic E-state index is 13.2. The minimum absolute atomic E-state index is 0.0217. The monoisotopic (exact) mass is 528 g/mol. The third-order valence-electron chi connectivity index (χ3n) is 6.09. The van der Waals surface area contributed by atoms with Crippen LogP contribution in [0.1, 0.15) is 35.9 Å². The number of hydrogen-bond acceptors (Lipinski definition) is 7. The van der Waals surface area contributed by atoms with E-state index in [1.165, 1.54) is 12.1 Å². The molecule has 0 unspecified atom stereocenters. The standard InChI is InChI=1S/C25H25ClN4O5S/c1-15-8-10-29(11-9-15)22-6-3-17(30(33)34)13-20(22)24(32)28-25(36)27-16-2-5-21(26)19(12-16)23-7-4-18(14-31)35-23/h2-7,12-13,15,31H,8-11,14H2,1H3,(H2,27,28,32,36). The molecule has 2 heterocycles. The molecule has 0 radical (unpaired) electrons. The summed E-state index contributed by atoms with van der Waals surface area (Å²) in [6, 6.07) is 12.7. The highest BCUT2D eigenvalue weighted by Gasteiger charge is 2.24. The summed E-state index contributed by atoms with van der Waals surface area (Å²) in [5.41, 5.74) is 1.78. The molecular formula is C25H25ClN4O5S. The van der Waals surface area contributed by atoms with Crippen LogP contribution < -0.4 is 15.5 Å². The van der Waals surface area contributed by atoms with E-state index in [0.29, 0.717) is 39.4 Å². The van der Waals surface area contributed by atoms with Gasteiger partial charge in [-0.25, -0.2) is 0 Å². The normalized spacial score (nSPS) is 13.9. The van der Waals surface area contributed by atoms with Crippen LogP contribution in [0.15, 0.2) is 52.9 Å². The van der Waals surface area contributed by atoms with Crippen molar-refractivity contribution in [1.29, 1.82) is 0 Å². The smallest absolute Gasteiger partial charge is 0.270 e. The van der Waals surface area contributed by atoms with Crippen molar-refractivity contribution in [3.05, 3.63) is 75.0 Å². The highest BCUT2D eigenvalue weighted by molar-refractivity contribution is 7.80. The maximum Gasteiger partial charge on any atom is 0.270 e. The Morgan fingerprint density at radius 3 is 2.64 bits per heavy atom. The zero-order chi connectivity index (χ0) is 25.8. The number of rotatable bonds is 6. The molecule has 4 rings (SSSR count). The van der Waals surface area contributed by atoms with E-state index < -0.39 is 10.8 Å². The Bertz CT molecular complexity index is 1300. The van der Waals surface area contributed by atoms with Crippen LogP contribution in [0.5, 0.6) is 0 Å². The Morgan fingerprint density at radius 1 is 1.22 bits per heavy atom. The number of anilines is 2. The number of nitrogens with one attached hydrogen (secondary N) is 2. The number of benzene rings is 2. The van der Waals surface area contributed by atoms with Gasteiger partial charge in [-0.15, -0.1) is 0 Å². The number of aliphatic hydroxyl groups excluding tert-OH is 1. The van der Waals surface area contributed by atoms with Gasteiger partial charge in [-0.1, -0.05) is 18.5 Å². The van der Waals surface area contributed by atoms with Crippen LogP contribution in [0.4, 0.5) is 17.1 Å². The molecule has 2 aromatic carbocycles. The average Bonchev–Trinajstić information content (AvgIpc) is 3.34. The lowest BCUT2D eigenvalue weighted by Gasteiger charge is -2.33. The summed E-state index contributed by atoms with van der Waals surface area (Å²) in [6.45, 7) is 3.48. The van der Waals surface area contributed by atoms with Gasteiger partial charge in [0.15, 0.2) is 5.11 Å². The van der Waals surface area contributed by atoms with Crippen molar-refractivity contribution in [2.75, 3.05) is 23.3 Å². The van der Waals surface area contributed by atoms with Crippen LogP contribution in [0.2, 0.25) is 5.02 Å². The fourth-order valence-corrected chi connectivity index (χ4v) is 4.50. The second-order valence-electron chi connectivity index (χ2n) is 8.66. The summed E-state index contributed by atoms with van der Waals surface area (Å²) in [4.78, 5) is 26.1. The minimum atomic E-state index is -0.544. The van der Waals surface area contributed by atoms with Crippen LogP contribution in [-0.2, 0) is 6.61 Å². The first-order valence-corrected chi connectivity index (χ1v) is 12.2. The van der Waals surface area contributed by atoms with E-state index in [4.69, 9.17) is 28.2 Å².